The third kappa shape index (κ3) is 2.68. The molecule has 0 bridgehead atoms. The molecule has 0 atom stereocenters. The van der Waals surface area contributed by atoms with Gasteiger partial charge in [0.2, 0.25) is 0 Å². The maximum absolute atomic E-state index is 12.3. The molecule has 0 radical (unpaired) electrons. The molecule has 1 aliphatic heterocycles. The van der Waals surface area contributed by atoms with E-state index in [1.54, 1.807) is 12.1 Å². The van der Waals surface area contributed by atoms with Gasteiger partial charge in [-0.1, -0.05) is 0 Å². The Hall–Kier alpha value is -0.920. The van der Waals surface area contributed by atoms with Crippen LogP contribution in [-0.4, -0.2) is 37.8 Å². The first-order valence-electron chi connectivity index (χ1n) is 6.48. The van der Waals surface area contributed by atoms with Crippen molar-refractivity contribution in [3.63, 3.8) is 0 Å². The van der Waals surface area contributed by atoms with Crippen molar-refractivity contribution in [1.82, 2.24) is 9.62 Å². The van der Waals surface area contributed by atoms with E-state index in [4.69, 9.17) is 0 Å². The number of hydrogen-bond donors (Lipinski definition) is 1. The number of rotatable bonds is 4. The van der Waals surface area contributed by atoms with Crippen LogP contribution >= 0.6 is 11.3 Å². The molecule has 7 heteroatoms. The van der Waals surface area contributed by atoms with Gasteiger partial charge >= 0.3 is 0 Å². The van der Waals surface area contributed by atoms with Crippen molar-refractivity contribution < 1.29 is 13.2 Å². The lowest BCUT2D eigenvalue weighted by Gasteiger charge is -2.13. The number of thiophene rings is 1. The second-order valence-corrected chi connectivity index (χ2v) is 8.23. The maximum atomic E-state index is 12.3. The lowest BCUT2D eigenvalue weighted by atomic mass is 10.4. The topological polar surface area (TPSA) is 66.5 Å². The number of nitrogens with one attached hydrogen (secondary N) is 1. The minimum atomic E-state index is -3.39. The third-order valence-electron chi connectivity index (χ3n) is 3.38. The number of hydrogen-bond acceptors (Lipinski definition) is 4. The average Bonchev–Trinajstić information content (AvgIpc) is 2.93. The Labute approximate surface area is 116 Å². The Kier molecular flexibility index (Phi) is 3.36. The molecular weight excluding hydrogens is 284 g/mol. The lowest BCUT2D eigenvalue weighted by molar-refractivity contribution is 0.0955. The van der Waals surface area contributed by atoms with Crippen molar-refractivity contribution in [3.05, 3.63) is 17.0 Å². The van der Waals surface area contributed by atoms with E-state index < -0.39 is 10.0 Å². The van der Waals surface area contributed by atoms with Crippen LogP contribution in [0, 0.1) is 0 Å². The van der Waals surface area contributed by atoms with E-state index in [0.29, 0.717) is 18.0 Å². The van der Waals surface area contributed by atoms with E-state index in [1.807, 2.05) is 0 Å². The standard InChI is InChI=1S/C12H16N2O3S2/c15-12(13-9-3-4-9)10-5-6-11(18-10)19(16,17)14-7-1-2-8-14/h5-6,9H,1-4,7-8H2,(H,13,15). The normalized spacial score (nSPS) is 20.6. The van der Waals surface area contributed by atoms with Gasteiger partial charge in [-0.2, -0.15) is 4.31 Å². The first-order valence-corrected chi connectivity index (χ1v) is 8.74. The summed E-state index contributed by atoms with van der Waals surface area (Å²) < 4.78 is 26.4. The predicted octanol–water partition coefficient (Wildman–Crippen LogP) is 1.42. The van der Waals surface area contributed by atoms with Gasteiger partial charge in [0.15, 0.2) is 0 Å². The Morgan fingerprint density at radius 2 is 1.95 bits per heavy atom. The van der Waals surface area contributed by atoms with Crippen molar-refractivity contribution in [2.75, 3.05) is 13.1 Å². The van der Waals surface area contributed by atoms with Gasteiger partial charge in [-0.3, -0.25) is 4.79 Å². The van der Waals surface area contributed by atoms with Crippen LogP contribution in [0.3, 0.4) is 0 Å². The molecule has 2 aliphatic rings. The number of carbonyl (C=O) groups excluding carboxylic acids is 1. The molecular formula is C12H16N2O3S2. The molecule has 0 unspecified atom stereocenters. The first kappa shape index (κ1) is 13.1. The molecule has 1 aliphatic carbocycles. The van der Waals surface area contributed by atoms with Gasteiger partial charge in [0.25, 0.3) is 15.9 Å². The van der Waals surface area contributed by atoms with E-state index >= 15 is 0 Å². The number of sulfonamides is 1. The van der Waals surface area contributed by atoms with Crippen LogP contribution in [0.4, 0.5) is 0 Å². The summed E-state index contributed by atoms with van der Waals surface area (Å²) in [6.45, 7) is 1.17. The van der Waals surface area contributed by atoms with E-state index in [2.05, 4.69) is 5.32 Å². The third-order valence-corrected chi connectivity index (χ3v) is 6.83. The number of carbonyl (C=O) groups is 1. The Bertz CT molecular complexity index is 584. The summed E-state index contributed by atoms with van der Waals surface area (Å²) in [6, 6.07) is 3.43. The molecule has 104 valence electrons. The molecule has 5 nitrogen and oxygen atoms in total. The highest BCUT2D eigenvalue weighted by molar-refractivity contribution is 7.91. The number of nitrogens with zero attached hydrogens (tertiary/aromatic N) is 1. The van der Waals surface area contributed by atoms with E-state index in [0.717, 1.165) is 37.0 Å². The molecule has 1 aromatic heterocycles. The molecule has 1 amide bonds. The average molecular weight is 300 g/mol. The Morgan fingerprint density at radius 3 is 2.58 bits per heavy atom. The van der Waals surface area contributed by atoms with Crippen LogP contribution in [0.1, 0.15) is 35.4 Å². The van der Waals surface area contributed by atoms with Crippen molar-refractivity contribution in [2.45, 2.75) is 35.9 Å². The zero-order valence-electron chi connectivity index (χ0n) is 10.5. The van der Waals surface area contributed by atoms with E-state index in [-0.39, 0.29) is 16.2 Å². The second kappa shape index (κ2) is 4.88. The molecule has 0 spiro atoms. The molecule has 1 aromatic rings. The van der Waals surface area contributed by atoms with Gasteiger partial charge in [0, 0.05) is 19.1 Å². The quantitative estimate of drug-likeness (QED) is 0.914. The maximum Gasteiger partial charge on any atom is 0.261 e. The molecule has 1 N–H and O–H groups in total. The summed E-state index contributed by atoms with van der Waals surface area (Å²) in [4.78, 5) is 12.3. The SMILES string of the molecule is O=C(NC1CC1)c1ccc(S(=O)(=O)N2CCCC2)s1. The highest BCUT2D eigenvalue weighted by atomic mass is 32.2. The van der Waals surface area contributed by atoms with Crippen LogP contribution in [0.15, 0.2) is 16.3 Å². The minimum absolute atomic E-state index is 0.157. The highest BCUT2D eigenvalue weighted by Crippen LogP contribution is 2.28. The van der Waals surface area contributed by atoms with Crippen molar-refractivity contribution in [3.8, 4) is 0 Å². The van der Waals surface area contributed by atoms with Crippen LogP contribution in [0.25, 0.3) is 0 Å². The highest BCUT2D eigenvalue weighted by Gasteiger charge is 2.30. The van der Waals surface area contributed by atoms with Crippen molar-refractivity contribution in [2.24, 2.45) is 0 Å². The predicted molar refractivity (Wildman–Crippen MR) is 72.8 cm³/mol. The fraction of sp³-hybridized carbons (Fsp3) is 0.583. The van der Waals surface area contributed by atoms with Gasteiger partial charge < -0.3 is 5.32 Å². The minimum Gasteiger partial charge on any atom is -0.349 e. The van der Waals surface area contributed by atoms with Gasteiger partial charge in [0.05, 0.1) is 4.88 Å². The summed E-state index contributed by atoms with van der Waals surface area (Å²) in [5.74, 6) is -0.157. The van der Waals surface area contributed by atoms with Gasteiger partial charge in [-0.15, -0.1) is 11.3 Å². The fourth-order valence-electron chi connectivity index (χ4n) is 2.12. The van der Waals surface area contributed by atoms with Crippen LogP contribution in [0.5, 0.6) is 0 Å². The molecule has 3 rings (SSSR count). The largest absolute Gasteiger partial charge is 0.349 e. The van der Waals surface area contributed by atoms with Gasteiger partial charge in [-0.25, -0.2) is 8.42 Å². The first-order chi connectivity index (χ1) is 9.07. The van der Waals surface area contributed by atoms with Crippen LogP contribution < -0.4 is 5.32 Å². The summed E-state index contributed by atoms with van der Waals surface area (Å²) in [5, 5.41) is 2.87. The Morgan fingerprint density at radius 1 is 1.26 bits per heavy atom. The van der Waals surface area contributed by atoms with Crippen LogP contribution in [0.2, 0.25) is 0 Å². The van der Waals surface area contributed by atoms with Gasteiger partial charge in [0.1, 0.15) is 4.21 Å². The molecule has 2 heterocycles. The van der Waals surface area contributed by atoms with E-state index in [9.17, 15) is 13.2 Å². The summed E-state index contributed by atoms with van der Waals surface area (Å²) >= 11 is 1.06. The number of amides is 1. The monoisotopic (exact) mass is 300 g/mol. The lowest BCUT2D eigenvalue weighted by Crippen LogP contribution is -2.27. The second-order valence-electron chi connectivity index (χ2n) is 4.98. The molecule has 2 fully saturated rings. The zero-order chi connectivity index (χ0) is 13.5. The summed E-state index contributed by atoms with van der Waals surface area (Å²) in [6.07, 6.45) is 3.88. The zero-order valence-corrected chi connectivity index (χ0v) is 12.1. The van der Waals surface area contributed by atoms with Crippen molar-refractivity contribution >= 4 is 27.3 Å². The summed E-state index contributed by atoms with van der Waals surface area (Å²) in [7, 11) is -3.39. The van der Waals surface area contributed by atoms with Crippen LogP contribution in [-0.2, 0) is 10.0 Å². The van der Waals surface area contributed by atoms with E-state index in [1.165, 1.54) is 4.31 Å². The molecule has 19 heavy (non-hydrogen) atoms. The Balaban J connectivity index is 1.77. The summed E-state index contributed by atoms with van der Waals surface area (Å²) in [5.41, 5.74) is 0. The molecule has 0 aromatic carbocycles. The van der Waals surface area contributed by atoms with Crippen molar-refractivity contribution in [1.29, 1.82) is 0 Å². The molecule has 1 saturated heterocycles. The van der Waals surface area contributed by atoms with Gasteiger partial charge in [-0.05, 0) is 37.8 Å². The smallest absolute Gasteiger partial charge is 0.261 e. The fourth-order valence-corrected chi connectivity index (χ4v) is 5.00. The molecule has 1 saturated carbocycles.